The standard InChI is InChI=1S/C15H23N3O/c1-17(2)14(10-15(19)18(3)4)13-9-11-7-5-6-8-12(11)16-13/h9-10,16H,5-8H2,1-4H3/b14-10-. The van der Waals surface area contributed by atoms with E-state index in [0.717, 1.165) is 24.2 Å². The van der Waals surface area contributed by atoms with Crippen molar-refractivity contribution in [1.29, 1.82) is 0 Å². The summed E-state index contributed by atoms with van der Waals surface area (Å²) in [5, 5.41) is 0. The molecule has 4 heteroatoms. The Kier molecular flexibility index (Phi) is 3.98. The molecule has 1 amide bonds. The van der Waals surface area contributed by atoms with Gasteiger partial charge in [-0.2, -0.15) is 0 Å². The van der Waals surface area contributed by atoms with Gasteiger partial charge in [-0.1, -0.05) is 0 Å². The van der Waals surface area contributed by atoms with Crippen molar-refractivity contribution in [3.63, 3.8) is 0 Å². The maximum Gasteiger partial charge on any atom is 0.248 e. The zero-order chi connectivity index (χ0) is 14.0. The first kappa shape index (κ1) is 13.7. The van der Waals surface area contributed by atoms with Gasteiger partial charge in [0.15, 0.2) is 0 Å². The number of rotatable bonds is 3. The molecule has 19 heavy (non-hydrogen) atoms. The van der Waals surface area contributed by atoms with E-state index in [1.165, 1.54) is 24.1 Å². The lowest BCUT2D eigenvalue weighted by atomic mass is 9.98. The van der Waals surface area contributed by atoms with Gasteiger partial charge in [-0.05, 0) is 37.3 Å². The Morgan fingerprint density at radius 3 is 2.42 bits per heavy atom. The molecule has 0 saturated carbocycles. The number of nitrogens with one attached hydrogen (secondary N) is 1. The van der Waals surface area contributed by atoms with Crippen LogP contribution in [0.25, 0.3) is 5.70 Å². The maximum absolute atomic E-state index is 11.9. The molecule has 1 heterocycles. The summed E-state index contributed by atoms with van der Waals surface area (Å²) in [7, 11) is 7.47. The fraction of sp³-hybridized carbons (Fsp3) is 0.533. The van der Waals surface area contributed by atoms with Crippen molar-refractivity contribution in [2.24, 2.45) is 0 Å². The van der Waals surface area contributed by atoms with Gasteiger partial charge in [-0.25, -0.2) is 0 Å². The Hall–Kier alpha value is -1.71. The quantitative estimate of drug-likeness (QED) is 0.844. The largest absolute Gasteiger partial charge is 0.376 e. The second-order valence-corrected chi connectivity index (χ2v) is 5.55. The fourth-order valence-corrected chi connectivity index (χ4v) is 2.44. The number of nitrogens with zero attached hydrogens (tertiary/aromatic N) is 2. The topological polar surface area (TPSA) is 39.3 Å². The normalized spacial score (nSPS) is 15.1. The van der Waals surface area contributed by atoms with E-state index in [1.54, 1.807) is 25.1 Å². The van der Waals surface area contributed by atoms with Crippen LogP contribution in [0.3, 0.4) is 0 Å². The van der Waals surface area contributed by atoms with E-state index in [4.69, 9.17) is 0 Å². The van der Waals surface area contributed by atoms with Crippen molar-refractivity contribution in [2.45, 2.75) is 25.7 Å². The summed E-state index contributed by atoms with van der Waals surface area (Å²) in [6.45, 7) is 0. The molecular weight excluding hydrogens is 238 g/mol. The summed E-state index contributed by atoms with van der Waals surface area (Å²) < 4.78 is 0. The Morgan fingerprint density at radius 2 is 1.84 bits per heavy atom. The Balaban J connectivity index is 2.34. The predicted molar refractivity (Wildman–Crippen MR) is 77.8 cm³/mol. The van der Waals surface area contributed by atoms with E-state index in [0.29, 0.717) is 0 Å². The van der Waals surface area contributed by atoms with Gasteiger partial charge in [0.25, 0.3) is 0 Å². The van der Waals surface area contributed by atoms with Crippen LogP contribution in [0.15, 0.2) is 12.1 Å². The Labute approximate surface area is 115 Å². The third-order valence-electron chi connectivity index (χ3n) is 3.57. The number of aromatic amines is 1. The number of carbonyl (C=O) groups excluding carboxylic acids is 1. The highest BCUT2D eigenvalue weighted by atomic mass is 16.2. The molecule has 0 spiro atoms. The molecule has 0 aliphatic heterocycles. The molecule has 0 aromatic carbocycles. The van der Waals surface area contributed by atoms with Crippen molar-refractivity contribution in [3.8, 4) is 0 Å². The molecule has 1 aliphatic carbocycles. The highest BCUT2D eigenvalue weighted by Gasteiger charge is 2.16. The molecule has 2 rings (SSSR count). The molecule has 1 aromatic rings. The Morgan fingerprint density at radius 1 is 1.16 bits per heavy atom. The fourth-order valence-electron chi connectivity index (χ4n) is 2.44. The molecule has 1 N–H and O–H groups in total. The molecule has 0 unspecified atom stereocenters. The maximum atomic E-state index is 11.9. The van der Waals surface area contributed by atoms with Crippen molar-refractivity contribution < 1.29 is 4.79 Å². The van der Waals surface area contributed by atoms with Crippen LogP contribution >= 0.6 is 0 Å². The minimum atomic E-state index is 0.0104. The first-order valence-corrected chi connectivity index (χ1v) is 6.80. The number of hydrogen-bond donors (Lipinski definition) is 1. The van der Waals surface area contributed by atoms with Crippen LogP contribution in [-0.4, -0.2) is 48.9 Å². The zero-order valence-electron chi connectivity index (χ0n) is 12.3. The van der Waals surface area contributed by atoms with Crippen molar-refractivity contribution in [2.75, 3.05) is 28.2 Å². The van der Waals surface area contributed by atoms with Crippen LogP contribution < -0.4 is 0 Å². The van der Waals surface area contributed by atoms with Crippen LogP contribution in [-0.2, 0) is 17.6 Å². The lowest BCUT2D eigenvalue weighted by Crippen LogP contribution is -2.21. The van der Waals surface area contributed by atoms with Gasteiger partial charge in [0.2, 0.25) is 5.91 Å². The first-order chi connectivity index (χ1) is 8.99. The summed E-state index contributed by atoms with van der Waals surface area (Å²) in [6.07, 6.45) is 6.48. The molecular formula is C15H23N3O. The minimum absolute atomic E-state index is 0.0104. The average Bonchev–Trinajstić information content (AvgIpc) is 2.78. The van der Waals surface area contributed by atoms with E-state index in [9.17, 15) is 4.79 Å². The number of H-pyrrole nitrogens is 1. The van der Waals surface area contributed by atoms with Crippen molar-refractivity contribution in [3.05, 3.63) is 29.1 Å². The minimum Gasteiger partial charge on any atom is -0.376 e. The number of amides is 1. The van der Waals surface area contributed by atoms with Gasteiger partial charge in [-0.3, -0.25) is 4.79 Å². The summed E-state index contributed by atoms with van der Waals surface area (Å²) in [6, 6.07) is 2.20. The second kappa shape index (κ2) is 5.51. The van der Waals surface area contributed by atoms with Crippen LogP contribution in [0.5, 0.6) is 0 Å². The smallest absolute Gasteiger partial charge is 0.248 e. The molecule has 0 atom stereocenters. The van der Waals surface area contributed by atoms with Crippen molar-refractivity contribution in [1.82, 2.24) is 14.8 Å². The molecule has 104 valence electrons. The molecule has 0 saturated heterocycles. The van der Waals surface area contributed by atoms with Gasteiger partial charge in [0, 0.05) is 40.0 Å². The van der Waals surface area contributed by atoms with Crippen molar-refractivity contribution >= 4 is 11.6 Å². The number of likely N-dealkylation sites (N-methyl/N-ethyl adjacent to an activating group) is 1. The van der Waals surface area contributed by atoms with E-state index < -0.39 is 0 Å². The summed E-state index contributed by atoms with van der Waals surface area (Å²) in [4.78, 5) is 18.9. The van der Waals surface area contributed by atoms with E-state index in [1.807, 2.05) is 19.0 Å². The first-order valence-electron chi connectivity index (χ1n) is 6.80. The summed E-state index contributed by atoms with van der Waals surface area (Å²) in [5.74, 6) is 0.0104. The van der Waals surface area contributed by atoms with Crippen LogP contribution in [0.1, 0.15) is 29.8 Å². The van der Waals surface area contributed by atoms with Crippen LogP contribution in [0, 0.1) is 0 Å². The zero-order valence-corrected chi connectivity index (χ0v) is 12.3. The molecule has 0 bridgehead atoms. The summed E-state index contributed by atoms with van der Waals surface area (Å²) >= 11 is 0. The molecule has 0 fully saturated rings. The van der Waals surface area contributed by atoms with Gasteiger partial charge in [-0.15, -0.1) is 0 Å². The third-order valence-corrected chi connectivity index (χ3v) is 3.57. The molecule has 1 aromatic heterocycles. The van der Waals surface area contributed by atoms with Crippen LogP contribution in [0.2, 0.25) is 0 Å². The van der Waals surface area contributed by atoms with Gasteiger partial charge in [0.05, 0.1) is 11.4 Å². The highest BCUT2D eigenvalue weighted by molar-refractivity contribution is 5.94. The molecule has 4 nitrogen and oxygen atoms in total. The molecule has 1 aliphatic rings. The molecule has 0 radical (unpaired) electrons. The Bertz CT molecular complexity index is 474. The van der Waals surface area contributed by atoms with Crippen LogP contribution in [0.4, 0.5) is 0 Å². The number of aryl methyl sites for hydroxylation is 2. The predicted octanol–water partition coefficient (Wildman–Crippen LogP) is 1.88. The summed E-state index contributed by atoms with van der Waals surface area (Å²) in [5.41, 5.74) is 4.73. The number of hydrogen-bond acceptors (Lipinski definition) is 2. The lowest BCUT2D eigenvalue weighted by molar-refractivity contribution is -0.123. The number of aromatic nitrogens is 1. The van der Waals surface area contributed by atoms with E-state index in [-0.39, 0.29) is 5.91 Å². The van der Waals surface area contributed by atoms with Gasteiger partial charge >= 0.3 is 0 Å². The van der Waals surface area contributed by atoms with E-state index >= 15 is 0 Å². The lowest BCUT2D eigenvalue weighted by Gasteiger charge is -2.17. The SMILES string of the molecule is CN(C)C(=O)/C=C(/c1cc2c([nH]1)CCCC2)N(C)C. The monoisotopic (exact) mass is 261 g/mol. The van der Waals surface area contributed by atoms with Gasteiger partial charge in [0.1, 0.15) is 0 Å². The highest BCUT2D eigenvalue weighted by Crippen LogP contribution is 2.25. The number of fused-ring (bicyclic) bond motifs is 1. The third kappa shape index (κ3) is 3.00. The second-order valence-electron chi connectivity index (χ2n) is 5.55. The van der Waals surface area contributed by atoms with E-state index in [2.05, 4.69) is 11.1 Å². The average molecular weight is 261 g/mol. The number of carbonyl (C=O) groups is 1. The van der Waals surface area contributed by atoms with Gasteiger partial charge < -0.3 is 14.8 Å².